The van der Waals surface area contributed by atoms with Crippen LogP contribution in [0.2, 0.25) is 0 Å². The second-order valence-electron chi connectivity index (χ2n) is 7.00. The summed E-state index contributed by atoms with van der Waals surface area (Å²) in [7, 11) is 1.56. The minimum atomic E-state index is -0.781. The number of nitro groups is 1. The van der Waals surface area contributed by atoms with Gasteiger partial charge in [0, 0.05) is 38.0 Å². The molecule has 0 aromatic heterocycles. The summed E-state index contributed by atoms with van der Waals surface area (Å²) in [5.41, 5.74) is 1.67. The maximum absolute atomic E-state index is 12.9. The van der Waals surface area contributed by atoms with Crippen LogP contribution in [-0.2, 0) is 14.3 Å². The van der Waals surface area contributed by atoms with Gasteiger partial charge in [0.1, 0.15) is 5.76 Å². The van der Waals surface area contributed by atoms with Crippen LogP contribution >= 0.6 is 0 Å². The number of methoxy groups -OCH3 is 1. The van der Waals surface area contributed by atoms with Crippen molar-refractivity contribution in [2.75, 3.05) is 20.3 Å². The fourth-order valence-corrected chi connectivity index (χ4v) is 3.60. The van der Waals surface area contributed by atoms with Gasteiger partial charge in [0.05, 0.1) is 16.5 Å². The van der Waals surface area contributed by atoms with E-state index >= 15 is 0 Å². The van der Waals surface area contributed by atoms with E-state index < -0.39 is 22.7 Å². The minimum absolute atomic E-state index is 0.0273. The topological polar surface area (TPSA) is 110 Å². The van der Waals surface area contributed by atoms with Crippen molar-refractivity contribution in [1.29, 1.82) is 0 Å². The first-order chi connectivity index (χ1) is 14.4. The highest BCUT2D eigenvalue weighted by Gasteiger charge is 2.46. The molecule has 8 nitrogen and oxygen atoms in total. The van der Waals surface area contributed by atoms with Crippen LogP contribution in [0, 0.1) is 17.0 Å². The molecule has 1 heterocycles. The first-order valence-electron chi connectivity index (χ1n) is 9.44. The zero-order valence-electron chi connectivity index (χ0n) is 16.7. The van der Waals surface area contributed by atoms with E-state index in [2.05, 4.69) is 0 Å². The van der Waals surface area contributed by atoms with Gasteiger partial charge in [-0.1, -0.05) is 24.3 Å². The van der Waals surface area contributed by atoms with Crippen LogP contribution in [0.15, 0.2) is 54.1 Å². The summed E-state index contributed by atoms with van der Waals surface area (Å²) < 4.78 is 5.06. The lowest BCUT2D eigenvalue weighted by Crippen LogP contribution is -2.31. The molecule has 1 amide bonds. The van der Waals surface area contributed by atoms with Crippen molar-refractivity contribution in [3.63, 3.8) is 0 Å². The zero-order chi connectivity index (χ0) is 21.8. The molecule has 30 heavy (non-hydrogen) atoms. The quantitative estimate of drug-likeness (QED) is 0.187. The van der Waals surface area contributed by atoms with E-state index in [1.54, 1.807) is 7.11 Å². The number of carbonyl (C=O) groups excluding carboxylic acids is 2. The normalized spacial score (nSPS) is 18.1. The van der Waals surface area contributed by atoms with E-state index in [0.717, 1.165) is 11.1 Å². The van der Waals surface area contributed by atoms with Crippen LogP contribution in [0.4, 0.5) is 5.69 Å². The summed E-state index contributed by atoms with van der Waals surface area (Å²) in [5.74, 6) is -1.83. The smallest absolute Gasteiger partial charge is 0.295 e. The van der Waals surface area contributed by atoms with E-state index in [4.69, 9.17) is 4.74 Å². The lowest BCUT2D eigenvalue weighted by atomic mass is 9.92. The van der Waals surface area contributed by atoms with Gasteiger partial charge in [0.15, 0.2) is 0 Å². The van der Waals surface area contributed by atoms with E-state index in [1.807, 2.05) is 31.2 Å². The van der Waals surface area contributed by atoms with Gasteiger partial charge in [-0.2, -0.15) is 0 Å². The van der Waals surface area contributed by atoms with Crippen molar-refractivity contribution in [2.24, 2.45) is 0 Å². The number of amides is 1. The predicted octanol–water partition coefficient (Wildman–Crippen LogP) is 3.36. The molecule has 1 unspecified atom stereocenters. The third kappa shape index (κ3) is 3.95. The molecule has 156 valence electrons. The number of likely N-dealkylation sites (tertiary alicyclic amines) is 1. The average Bonchev–Trinajstić information content (AvgIpc) is 2.98. The highest BCUT2D eigenvalue weighted by molar-refractivity contribution is 6.46. The Labute approximate surface area is 173 Å². The van der Waals surface area contributed by atoms with Gasteiger partial charge in [-0.05, 0) is 36.6 Å². The van der Waals surface area contributed by atoms with Crippen LogP contribution in [0.25, 0.3) is 5.76 Å². The van der Waals surface area contributed by atoms with E-state index in [-0.39, 0.29) is 29.1 Å². The molecule has 0 aliphatic carbocycles. The van der Waals surface area contributed by atoms with Gasteiger partial charge < -0.3 is 14.7 Å². The van der Waals surface area contributed by atoms with Gasteiger partial charge in [-0.3, -0.25) is 19.7 Å². The van der Waals surface area contributed by atoms with Gasteiger partial charge in [0.25, 0.3) is 17.4 Å². The number of aliphatic hydroxyl groups is 1. The molecule has 1 aliphatic rings. The molecule has 0 saturated carbocycles. The number of Topliss-reactive ketones (excluding diaryl/α,β-unsaturated/α-hetero) is 1. The van der Waals surface area contributed by atoms with Gasteiger partial charge in [-0.25, -0.2) is 0 Å². The number of hydrogen-bond donors (Lipinski definition) is 1. The summed E-state index contributed by atoms with van der Waals surface area (Å²) in [6, 6.07) is 11.8. The summed E-state index contributed by atoms with van der Waals surface area (Å²) in [4.78, 5) is 37.5. The summed E-state index contributed by atoms with van der Waals surface area (Å²) >= 11 is 0. The van der Waals surface area contributed by atoms with E-state index in [0.29, 0.717) is 13.0 Å². The van der Waals surface area contributed by atoms with E-state index in [9.17, 15) is 24.8 Å². The van der Waals surface area contributed by atoms with Crippen molar-refractivity contribution in [1.82, 2.24) is 4.90 Å². The molecule has 0 spiro atoms. The SMILES string of the molecule is COCCCN1C(=O)C(=O)/C(=C(/O)c2ccc([N+](=O)[O-])cc2)C1c1ccccc1C. The van der Waals surface area contributed by atoms with Crippen LogP contribution in [-0.4, -0.2) is 46.9 Å². The van der Waals surface area contributed by atoms with Crippen LogP contribution in [0.3, 0.4) is 0 Å². The molecule has 1 saturated heterocycles. The molecular weight excluding hydrogens is 388 g/mol. The molecule has 3 rings (SSSR count). The number of rotatable bonds is 7. The number of non-ortho nitro benzene ring substituents is 1. The first kappa shape index (κ1) is 21.2. The summed E-state index contributed by atoms with van der Waals surface area (Å²) in [6.07, 6.45) is 0.531. The van der Waals surface area contributed by atoms with Crippen molar-refractivity contribution in [2.45, 2.75) is 19.4 Å². The lowest BCUT2D eigenvalue weighted by molar-refractivity contribution is -0.384. The Bertz CT molecular complexity index is 1010. The lowest BCUT2D eigenvalue weighted by Gasteiger charge is -2.26. The Morgan fingerprint density at radius 2 is 1.83 bits per heavy atom. The number of aryl methyl sites for hydroxylation is 1. The van der Waals surface area contributed by atoms with Gasteiger partial charge in [-0.15, -0.1) is 0 Å². The van der Waals surface area contributed by atoms with E-state index in [1.165, 1.54) is 29.2 Å². The standard InChI is InChI=1S/C22H22N2O6/c1-14-6-3-4-7-17(14)19-18(21(26)22(27)23(19)12-5-13-30-2)20(25)15-8-10-16(11-9-15)24(28)29/h3-4,6-11,19,25H,5,12-13H2,1-2H3/b20-18+. The molecule has 1 N–H and O–H groups in total. The van der Waals surface area contributed by atoms with Crippen molar-refractivity contribution < 1.29 is 24.4 Å². The second kappa shape index (κ2) is 8.87. The number of hydrogen-bond acceptors (Lipinski definition) is 6. The highest BCUT2D eigenvalue weighted by atomic mass is 16.6. The number of aliphatic hydroxyl groups excluding tert-OH is 1. The number of nitro benzene ring substituents is 1. The number of benzene rings is 2. The minimum Gasteiger partial charge on any atom is -0.507 e. The third-order valence-electron chi connectivity index (χ3n) is 5.12. The summed E-state index contributed by atoms with van der Waals surface area (Å²) in [5, 5.41) is 21.8. The van der Waals surface area contributed by atoms with Crippen LogP contribution in [0.5, 0.6) is 0 Å². The van der Waals surface area contributed by atoms with Gasteiger partial charge >= 0.3 is 0 Å². The molecule has 2 aromatic rings. The molecule has 2 aromatic carbocycles. The molecule has 8 heteroatoms. The Hall–Kier alpha value is -3.52. The van der Waals surface area contributed by atoms with Gasteiger partial charge in [0.2, 0.25) is 0 Å². The molecule has 0 radical (unpaired) electrons. The monoisotopic (exact) mass is 410 g/mol. The van der Waals surface area contributed by atoms with Crippen LogP contribution in [0.1, 0.15) is 29.2 Å². The maximum Gasteiger partial charge on any atom is 0.295 e. The Morgan fingerprint density at radius 1 is 1.17 bits per heavy atom. The maximum atomic E-state index is 12.9. The highest BCUT2D eigenvalue weighted by Crippen LogP contribution is 2.40. The fourth-order valence-electron chi connectivity index (χ4n) is 3.60. The average molecular weight is 410 g/mol. The number of ether oxygens (including phenoxy) is 1. The number of nitrogens with zero attached hydrogens (tertiary/aromatic N) is 2. The molecular formula is C22H22N2O6. The predicted molar refractivity (Wildman–Crippen MR) is 110 cm³/mol. The molecule has 1 fully saturated rings. The largest absolute Gasteiger partial charge is 0.507 e. The second-order valence-corrected chi connectivity index (χ2v) is 7.00. The molecule has 0 bridgehead atoms. The number of ketones is 1. The van der Waals surface area contributed by atoms with Crippen LogP contribution < -0.4 is 0 Å². The van der Waals surface area contributed by atoms with Crippen molar-refractivity contribution in [3.8, 4) is 0 Å². The van der Waals surface area contributed by atoms with Crippen molar-refractivity contribution in [3.05, 3.63) is 80.9 Å². The Balaban J connectivity index is 2.12. The summed E-state index contributed by atoms with van der Waals surface area (Å²) in [6.45, 7) is 2.58. The Morgan fingerprint density at radius 3 is 2.43 bits per heavy atom. The third-order valence-corrected chi connectivity index (χ3v) is 5.12. The Kier molecular flexibility index (Phi) is 6.27. The molecule has 1 atom stereocenters. The zero-order valence-corrected chi connectivity index (χ0v) is 16.7. The molecule has 1 aliphatic heterocycles. The fraction of sp³-hybridized carbons (Fsp3) is 0.273. The number of carbonyl (C=O) groups is 2. The van der Waals surface area contributed by atoms with Crippen molar-refractivity contribution >= 4 is 23.1 Å². The first-order valence-corrected chi connectivity index (χ1v) is 9.44.